The summed E-state index contributed by atoms with van der Waals surface area (Å²) in [5.41, 5.74) is 1.31. The van der Waals surface area contributed by atoms with Gasteiger partial charge in [-0.2, -0.15) is 4.31 Å². The van der Waals surface area contributed by atoms with E-state index in [-0.39, 0.29) is 16.7 Å². The summed E-state index contributed by atoms with van der Waals surface area (Å²) in [4.78, 5) is 19.7. The number of nitrogens with zero attached hydrogens (tertiary/aromatic N) is 3. The second-order valence-corrected chi connectivity index (χ2v) is 12.1. The molecule has 0 unspecified atom stereocenters. The van der Waals surface area contributed by atoms with Crippen molar-refractivity contribution in [3.8, 4) is 0 Å². The molecule has 3 heterocycles. The Morgan fingerprint density at radius 3 is 2.61 bits per heavy atom. The largest absolute Gasteiger partial charge is 0.349 e. The van der Waals surface area contributed by atoms with Crippen LogP contribution in [-0.2, 0) is 10.0 Å². The van der Waals surface area contributed by atoms with Gasteiger partial charge >= 0.3 is 0 Å². The minimum atomic E-state index is -3.57. The third-order valence-electron chi connectivity index (χ3n) is 6.50. The SMILES string of the molecule is Cc1ccc(S(=O)(=O)N2CCC(c3nc(C(=O)NCCN4CCCCC4)cs3)CC2)cc1Cl. The van der Waals surface area contributed by atoms with Crippen molar-refractivity contribution in [2.24, 2.45) is 0 Å². The first kappa shape index (κ1) is 24.6. The van der Waals surface area contributed by atoms with E-state index in [0.717, 1.165) is 30.2 Å². The topological polar surface area (TPSA) is 82.6 Å². The van der Waals surface area contributed by atoms with E-state index in [1.165, 1.54) is 41.0 Å². The molecule has 2 aliphatic rings. The summed E-state index contributed by atoms with van der Waals surface area (Å²) in [5.74, 6) is 0.0312. The highest BCUT2D eigenvalue weighted by Gasteiger charge is 2.31. The van der Waals surface area contributed by atoms with Crippen molar-refractivity contribution >= 4 is 38.9 Å². The van der Waals surface area contributed by atoms with Gasteiger partial charge in [0.2, 0.25) is 10.0 Å². The highest BCUT2D eigenvalue weighted by atomic mass is 35.5. The zero-order chi connectivity index (χ0) is 23.4. The predicted molar refractivity (Wildman–Crippen MR) is 132 cm³/mol. The van der Waals surface area contributed by atoms with E-state index in [9.17, 15) is 13.2 Å². The van der Waals surface area contributed by atoms with Crippen LogP contribution in [0.3, 0.4) is 0 Å². The van der Waals surface area contributed by atoms with E-state index >= 15 is 0 Å². The first-order chi connectivity index (χ1) is 15.8. The molecule has 0 spiro atoms. The molecule has 2 aromatic rings. The molecule has 0 aliphatic carbocycles. The van der Waals surface area contributed by atoms with Crippen LogP contribution < -0.4 is 5.32 Å². The molecule has 1 amide bonds. The van der Waals surface area contributed by atoms with Crippen molar-refractivity contribution in [2.45, 2.75) is 49.8 Å². The third kappa shape index (κ3) is 5.95. The second-order valence-electron chi connectivity index (χ2n) is 8.82. The van der Waals surface area contributed by atoms with Crippen LogP contribution in [0.5, 0.6) is 0 Å². The standard InChI is InChI=1S/C23H31ClN4O3S2/c1-17-5-6-19(15-20(17)24)33(30,31)28-12-7-18(8-13-28)23-26-21(16-32-23)22(29)25-9-14-27-10-3-2-4-11-27/h5-6,15-16,18H,2-4,7-14H2,1H3,(H,25,29). The summed E-state index contributed by atoms with van der Waals surface area (Å²) < 4.78 is 27.5. The number of amides is 1. The number of carbonyl (C=O) groups excluding carboxylic acids is 1. The number of benzene rings is 1. The van der Waals surface area contributed by atoms with Gasteiger partial charge in [0, 0.05) is 42.5 Å². The average molecular weight is 511 g/mol. The van der Waals surface area contributed by atoms with Crippen molar-refractivity contribution in [3.63, 3.8) is 0 Å². The Labute approximate surface area is 205 Å². The molecule has 7 nitrogen and oxygen atoms in total. The van der Waals surface area contributed by atoms with Gasteiger partial charge in [-0.05, 0) is 63.4 Å². The Kier molecular flexibility index (Phi) is 8.07. The molecule has 1 aromatic heterocycles. The molecule has 1 N–H and O–H groups in total. The fourth-order valence-electron chi connectivity index (χ4n) is 4.41. The predicted octanol–water partition coefficient (Wildman–Crippen LogP) is 3.89. The summed E-state index contributed by atoms with van der Waals surface area (Å²) in [6.07, 6.45) is 5.14. The zero-order valence-electron chi connectivity index (χ0n) is 18.9. The molecule has 0 radical (unpaired) electrons. The van der Waals surface area contributed by atoms with E-state index in [1.807, 2.05) is 12.3 Å². The van der Waals surface area contributed by atoms with E-state index < -0.39 is 10.0 Å². The maximum Gasteiger partial charge on any atom is 0.270 e. The van der Waals surface area contributed by atoms with Crippen molar-refractivity contribution in [1.29, 1.82) is 0 Å². The Bertz CT molecular complexity index is 1080. The van der Waals surface area contributed by atoms with E-state index in [4.69, 9.17) is 11.6 Å². The number of aryl methyl sites for hydroxylation is 1. The fourth-order valence-corrected chi connectivity index (χ4v) is 7.12. The number of halogens is 1. The minimum Gasteiger partial charge on any atom is -0.349 e. The maximum atomic E-state index is 13.0. The van der Waals surface area contributed by atoms with Gasteiger partial charge < -0.3 is 10.2 Å². The van der Waals surface area contributed by atoms with Gasteiger partial charge in [-0.3, -0.25) is 4.79 Å². The summed E-state index contributed by atoms with van der Waals surface area (Å²) in [6.45, 7) is 6.43. The summed E-state index contributed by atoms with van der Waals surface area (Å²) in [7, 11) is -3.57. The molecule has 0 bridgehead atoms. The Morgan fingerprint density at radius 1 is 1.18 bits per heavy atom. The van der Waals surface area contributed by atoms with Crippen LogP contribution in [-0.4, -0.2) is 67.8 Å². The minimum absolute atomic E-state index is 0.134. The Balaban J connectivity index is 1.29. The number of sulfonamides is 1. The molecule has 2 saturated heterocycles. The lowest BCUT2D eigenvalue weighted by molar-refractivity contribution is 0.0942. The zero-order valence-corrected chi connectivity index (χ0v) is 21.3. The van der Waals surface area contributed by atoms with Gasteiger partial charge in [-0.25, -0.2) is 13.4 Å². The normalized spacial score (nSPS) is 19.0. The van der Waals surface area contributed by atoms with Gasteiger partial charge in [0.1, 0.15) is 5.69 Å². The highest BCUT2D eigenvalue weighted by molar-refractivity contribution is 7.89. The summed E-state index contributed by atoms with van der Waals surface area (Å²) >= 11 is 7.62. The monoisotopic (exact) mass is 510 g/mol. The lowest BCUT2D eigenvalue weighted by Crippen LogP contribution is -2.38. The molecule has 0 atom stereocenters. The van der Waals surface area contributed by atoms with Crippen LogP contribution in [0.25, 0.3) is 0 Å². The van der Waals surface area contributed by atoms with E-state index in [1.54, 1.807) is 12.1 Å². The quantitative estimate of drug-likeness (QED) is 0.611. The molecule has 4 rings (SSSR count). The number of hydrogen-bond donors (Lipinski definition) is 1. The number of nitrogens with one attached hydrogen (secondary N) is 1. The molecule has 33 heavy (non-hydrogen) atoms. The number of likely N-dealkylation sites (tertiary alicyclic amines) is 1. The number of aromatic nitrogens is 1. The van der Waals surface area contributed by atoms with Crippen LogP contribution in [0.15, 0.2) is 28.5 Å². The number of carbonyl (C=O) groups is 1. The fraction of sp³-hybridized carbons (Fsp3) is 0.565. The molecule has 2 aliphatic heterocycles. The molecule has 10 heteroatoms. The van der Waals surface area contributed by atoms with Crippen LogP contribution in [0.1, 0.15) is 59.1 Å². The molecule has 180 valence electrons. The van der Waals surface area contributed by atoms with Gasteiger partial charge in [-0.1, -0.05) is 24.1 Å². The smallest absolute Gasteiger partial charge is 0.270 e. The second kappa shape index (κ2) is 10.8. The van der Waals surface area contributed by atoms with E-state index in [2.05, 4.69) is 15.2 Å². The van der Waals surface area contributed by atoms with Crippen LogP contribution >= 0.6 is 22.9 Å². The van der Waals surface area contributed by atoms with Crippen molar-refractivity contribution in [2.75, 3.05) is 39.3 Å². The average Bonchev–Trinajstić information content (AvgIpc) is 3.32. The van der Waals surface area contributed by atoms with Crippen molar-refractivity contribution < 1.29 is 13.2 Å². The van der Waals surface area contributed by atoms with Gasteiger partial charge in [0.15, 0.2) is 0 Å². The molecule has 2 fully saturated rings. The molecular weight excluding hydrogens is 480 g/mol. The summed E-state index contributed by atoms with van der Waals surface area (Å²) in [5, 5.41) is 6.15. The van der Waals surface area contributed by atoms with E-state index in [0.29, 0.717) is 43.2 Å². The summed E-state index contributed by atoms with van der Waals surface area (Å²) in [6, 6.07) is 4.87. The van der Waals surface area contributed by atoms with Crippen molar-refractivity contribution in [1.82, 2.24) is 19.5 Å². The number of thiazole rings is 1. The third-order valence-corrected chi connectivity index (χ3v) is 9.81. The van der Waals surface area contributed by atoms with Crippen LogP contribution in [0, 0.1) is 6.92 Å². The Morgan fingerprint density at radius 2 is 1.91 bits per heavy atom. The molecular formula is C23H31ClN4O3S2. The Hall–Kier alpha value is -1.52. The van der Waals surface area contributed by atoms with Gasteiger partial charge in [0.25, 0.3) is 5.91 Å². The number of rotatable bonds is 7. The number of hydrogen-bond acceptors (Lipinski definition) is 6. The molecule has 1 aromatic carbocycles. The van der Waals surface area contributed by atoms with Crippen molar-refractivity contribution in [3.05, 3.63) is 44.9 Å². The lowest BCUT2D eigenvalue weighted by atomic mass is 9.99. The van der Waals surface area contributed by atoms with Gasteiger partial charge in [0.05, 0.1) is 9.90 Å². The van der Waals surface area contributed by atoms with Gasteiger partial charge in [-0.15, -0.1) is 11.3 Å². The maximum absolute atomic E-state index is 13.0. The number of piperidine rings is 2. The molecule has 0 saturated carbocycles. The first-order valence-corrected chi connectivity index (χ1v) is 14.3. The van der Waals surface area contributed by atoms with Crippen LogP contribution in [0.4, 0.5) is 0 Å². The van der Waals surface area contributed by atoms with Crippen LogP contribution in [0.2, 0.25) is 5.02 Å². The first-order valence-electron chi connectivity index (χ1n) is 11.6. The lowest BCUT2D eigenvalue weighted by Gasteiger charge is -2.30. The highest BCUT2D eigenvalue weighted by Crippen LogP contribution is 2.33.